The number of nitrogens with zero attached hydrogens (tertiary/aromatic N) is 3. The van der Waals surface area contributed by atoms with Crippen LogP contribution in [0.4, 0.5) is 4.39 Å². The van der Waals surface area contributed by atoms with Crippen molar-refractivity contribution in [3.63, 3.8) is 0 Å². The normalized spacial score (nSPS) is 22.1. The summed E-state index contributed by atoms with van der Waals surface area (Å²) in [4.78, 5) is 32.6. The van der Waals surface area contributed by atoms with Crippen molar-refractivity contribution in [1.29, 1.82) is 0 Å². The Balaban J connectivity index is 1.31. The summed E-state index contributed by atoms with van der Waals surface area (Å²) in [6.45, 7) is 6.54. The highest BCUT2D eigenvalue weighted by molar-refractivity contribution is 5.94. The van der Waals surface area contributed by atoms with Crippen molar-refractivity contribution in [3.8, 4) is 0 Å². The second-order valence-electron chi connectivity index (χ2n) is 9.52. The van der Waals surface area contributed by atoms with Gasteiger partial charge in [-0.25, -0.2) is 4.39 Å². The lowest BCUT2D eigenvalue weighted by Gasteiger charge is -2.41. The maximum atomic E-state index is 13.3. The first kappa shape index (κ1) is 23.2. The van der Waals surface area contributed by atoms with Gasteiger partial charge in [-0.15, -0.1) is 0 Å². The van der Waals surface area contributed by atoms with E-state index in [1.807, 2.05) is 4.90 Å². The van der Waals surface area contributed by atoms with Gasteiger partial charge in [0.2, 0.25) is 5.91 Å². The van der Waals surface area contributed by atoms with Gasteiger partial charge in [0.1, 0.15) is 5.82 Å². The van der Waals surface area contributed by atoms with E-state index in [1.54, 1.807) is 12.1 Å². The molecule has 7 heteroatoms. The lowest BCUT2D eigenvalue weighted by molar-refractivity contribution is -0.129. The zero-order valence-electron chi connectivity index (χ0n) is 19.1. The molecule has 3 fully saturated rings. The van der Waals surface area contributed by atoms with Gasteiger partial charge in [0.15, 0.2) is 0 Å². The van der Waals surface area contributed by atoms with Gasteiger partial charge in [0.05, 0.1) is 6.04 Å². The number of likely N-dealkylation sites (tertiary alicyclic amines) is 1. The summed E-state index contributed by atoms with van der Waals surface area (Å²) >= 11 is 0. The molecule has 176 valence electrons. The molecular formula is C25H37FN4O2. The fourth-order valence-corrected chi connectivity index (χ4v) is 5.55. The fourth-order valence-electron chi connectivity index (χ4n) is 5.55. The number of halogens is 1. The molecule has 0 radical (unpaired) electrons. The van der Waals surface area contributed by atoms with E-state index in [1.165, 1.54) is 44.2 Å². The van der Waals surface area contributed by atoms with Crippen LogP contribution in [0.25, 0.3) is 0 Å². The molecule has 0 unspecified atom stereocenters. The van der Waals surface area contributed by atoms with Gasteiger partial charge < -0.3 is 15.1 Å². The molecule has 32 heavy (non-hydrogen) atoms. The molecule has 0 aromatic heterocycles. The van der Waals surface area contributed by atoms with Crippen LogP contribution in [0.1, 0.15) is 55.3 Å². The summed E-state index contributed by atoms with van der Waals surface area (Å²) in [5.41, 5.74) is 0.516. The molecule has 4 rings (SSSR count). The maximum absolute atomic E-state index is 13.3. The minimum atomic E-state index is -0.336. The van der Waals surface area contributed by atoms with Crippen LogP contribution < -0.4 is 5.32 Å². The van der Waals surface area contributed by atoms with Gasteiger partial charge in [-0.1, -0.05) is 19.3 Å². The predicted molar refractivity (Wildman–Crippen MR) is 123 cm³/mol. The third-order valence-corrected chi connectivity index (χ3v) is 7.38. The van der Waals surface area contributed by atoms with Crippen molar-refractivity contribution in [3.05, 3.63) is 35.6 Å². The van der Waals surface area contributed by atoms with Crippen LogP contribution in [0, 0.1) is 11.7 Å². The van der Waals surface area contributed by atoms with Crippen LogP contribution in [0.3, 0.4) is 0 Å². The summed E-state index contributed by atoms with van der Waals surface area (Å²) in [6, 6.07) is 5.64. The Bertz CT molecular complexity index is 752. The predicted octanol–water partition coefficient (Wildman–Crippen LogP) is 2.74. The average Bonchev–Trinajstić information content (AvgIpc) is 3.35. The summed E-state index contributed by atoms with van der Waals surface area (Å²) < 4.78 is 13.2. The number of hydrogen-bond acceptors (Lipinski definition) is 4. The first-order chi connectivity index (χ1) is 15.6. The molecule has 2 amide bonds. The Morgan fingerprint density at radius 3 is 2.22 bits per heavy atom. The lowest BCUT2D eigenvalue weighted by atomic mass is 9.95. The Morgan fingerprint density at radius 2 is 1.56 bits per heavy atom. The first-order valence-corrected chi connectivity index (χ1v) is 12.4. The van der Waals surface area contributed by atoms with E-state index in [-0.39, 0.29) is 23.7 Å². The number of piperidine rings is 1. The van der Waals surface area contributed by atoms with E-state index in [9.17, 15) is 14.0 Å². The van der Waals surface area contributed by atoms with Crippen molar-refractivity contribution in [2.75, 3.05) is 52.4 Å². The fraction of sp³-hybridized carbons (Fsp3) is 0.680. The molecule has 2 heterocycles. The molecule has 6 nitrogen and oxygen atoms in total. The van der Waals surface area contributed by atoms with Gasteiger partial charge >= 0.3 is 0 Å². The van der Waals surface area contributed by atoms with E-state index < -0.39 is 0 Å². The molecule has 3 aliphatic rings. The van der Waals surface area contributed by atoms with Gasteiger partial charge in [-0.2, -0.15) is 0 Å². The summed E-state index contributed by atoms with van der Waals surface area (Å²) in [5, 5.41) is 3.23. The largest absolute Gasteiger partial charge is 0.353 e. The van der Waals surface area contributed by atoms with Crippen molar-refractivity contribution in [2.45, 2.75) is 51.0 Å². The molecule has 0 spiro atoms. The summed E-state index contributed by atoms with van der Waals surface area (Å²) in [7, 11) is 0. The molecule has 2 aliphatic heterocycles. The zero-order valence-corrected chi connectivity index (χ0v) is 19.1. The van der Waals surface area contributed by atoms with Crippen LogP contribution in [0.5, 0.6) is 0 Å². The number of piperazine rings is 1. The minimum absolute atomic E-state index is 0.0620. The molecule has 2 saturated heterocycles. The zero-order chi connectivity index (χ0) is 22.3. The van der Waals surface area contributed by atoms with Crippen LogP contribution in [-0.2, 0) is 4.79 Å². The van der Waals surface area contributed by atoms with Crippen LogP contribution in [-0.4, -0.2) is 84.9 Å². The van der Waals surface area contributed by atoms with E-state index >= 15 is 0 Å². The van der Waals surface area contributed by atoms with E-state index in [2.05, 4.69) is 15.1 Å². The summed E-state index contributed by atoms with van der Waals surface area (Å²) in [6.07, 6.45) is 8.47. The van der Waals surface area contributed by atoms with Crippen molar-refractivity contribution in [2.24, 2.45) is 5.92 Å². The van der Waals surface area contributed by atoms with Gasteiger partial charge in [0.25, 0.3) is 5.91 Å². The highest BCUT2D eigenvalue weighted by Gasteiger charge is 2.37. The number of rotatable bonds is 7. The minimum Gasteiger partial charge on any atom is -0.353 e. The number of hydrogen-bond donors (Lipinski definition) is 1. The highest BCUT2D eigenvalue weighted by Crippen LogP contribution is 2.31. The molecular weight excluding hydrogens is 407 g/mol. The van der Waals surface area contributed by atoms with E-state index in [0.29, 0.717) is 44.2 Å². The summed E-state index contributed by atoms with van der Waals surface area (Å²) in [5.74, 6) is 0.168. The van der Waals surface area contributed by atoms with Crippen LogP contribution in [0.2, 0.25) is 0 Å². The Labute approximate surface area is 191 Å². The highest BCUT2D eigenvalue weighted by atomic mass is 19.1. The van der Waals surface area contributed by atoms with Crippen LogP contribution in [0.15, 0.2) is 24.3 Å². The monoisotopic (exact) mass is 444 g/mol. The topological polar surface area (TPSA) is 55.9 Å². The number of carbonyl (C=O) groups is 2. The average molecular weight is 445 g/mol. The smallest absolute Gasteiger partial charge is 0.253 e. The third kappa shape index (κ3) is 5.87. The van der Waals surface area contributed by atoms with E-state index in [4.69, 9.17) is 0 Å². The Kier molecular flexibility index (Phi) is 8.14. The van der Waals surface area contributed by atoms with Crippen molar-refractivity contribution in [1.82, 2.24) is 20.0 Å². The Hall–Kier alpha value is -1.99. The molecule has 1 N–H and O–H groups in total. The van der Waals surface area contributed by atoms with Crippen molar-refractivity contribution < 1.29 is 14.0 Å². The lowest BCUT2D eigenvalue weighted by Crippen LogP contribution is -2.58. The molecule has 0 bridgehead atoms. The van der Waals surface area contributed by atoms with Crippen LogP contribution >= 0.6 is 0 Å². The first-order valence-electron chi connectivity index (χ1n) is 12.4. The number of benzene rings is 1. The van der Waals surface area contributed by atoms with Gasteiger partial charge in [0, 0.05) is 44.8 Å². The Morgan fingerprint density at radius 1 is 0.906 bits per heavy atom. The third-order valence-electron chi connectivity index (χ3n) is 7.38. The van der Waals surface area contributed by atoms with E-state index in [0.717, 1.165) is 32.5 Å². The molecule has 1 aromatic carbocycles. The quantitative estimate of drug-likeness (QED) is 0.703. The molecule has 1 aliphatic carbocycles. The molecule has 1 saturated carbocycles. The molecule has 1 atom stereocenters. The van der Waals surface area contributed by atoms with Crippen molar-refractivity contribution >= 4 is 11.8 Å². The second kappa shape index (κ2) is 11.2. The maximum Gasteiger partial charge on any atom is 0.253 e. The van der Waals surface area contributed by atoms with Gasteiger partial charge in [-0.3, -0.25) is 14.5 Å². The second-order valence-corrected chi connectivity index (χ2v) is 9.52. The number of carbonyl (C=O) groups excluding carboxylic acids is 2. The molecule has 1 aromatic rings. The standard InChI is InChI=1S/C25H37FN4O2/c26-22-10-8-21(9-11-22)25(32)30-18-16-29(17-19-30)23(20-6-2-3-7-20)24(31)27-12-15-28-13-4-1-5-14-28/h8-11,20,23H,1-7,12-19H2,(H,27,31)/t23-/m0/s1. The SMILES string of the molecule is O=C(NCCN1CCCCC1)[C@H](C1CCCC1)N1CCN(C(=O)c2ccc(F)cc2)CC1. The van der Waals surface area contributed by atoms with Gasteiger partial charge in [-0.05, 0) is 69.0 Å². The number of nitrogens with one attached hydrogen (secondary N) is 1. The number of amides is 2.